The largest absolute Gasteiger partial charge is 0.315 e. The van der Waals surface area contributed by atoms with Gasteiger partial charge in [-0.05, 0) is 43.7 Å². The minimum absolute atomic E-state index is 0.0532. The molecule has 1 amide bonds. The first-order valence-electron chi connectivity index (χ1n) is 10.5. The fourth-order valence-corrected chi connectivity index (χ4v) is 4.77. The van der Waals surface area contributed by atoms with Gasteiger partial charge < -0.3 is 4.90 Å². The first kappa shape index (κ1) is 21.8. The van der Waals surface area contributed by atoms with E-state index < -0.39 is 5.25 Å². The lowest BCUT2D eigenvalue weighted by Crippen LogP contribution is -2.34. The molecule has 0 bridgehead atoms. The summed E-state index contributed by atoms with van der Waals surface area (Å²) in [6.45, 7) is 3.84. The molecule has 1 heterocycles. The van der Waals surface area contributed by atoms with E-state index in [1.807, 2.05) is 92.7 Å². The molecule has 3 aromatic carbocycles. The Bertz CT molecular complexity index is 1290. The SMILES string of the molecule is C[C@H](c1ccccc1)n1c(S[C@H](C)C(=O)N(C)c2ccccc2)nc2ccccc2c1=O. The Morgan fingerprint density at radius 1 is 0.906 bits per heavy atom. The van der Waals surface area contributed by atoms with Gasteiger partial charge in [0.15, 0.2) is 5.16 Å². The van der Waals surface area contributed by atoms with Crippen molar-refractivity contribution in [2.75, 3.05) is 11.9 Å². The van der Waals surface area contributed by atoms with E-state index in [2.05, 4.69) is 0 Å². The summed E-state index contributed by atoms with van der Waals surface area (Å²) >= 11 is 1.31. The molecule has 0 saturated heterocycles. The number of carbonyl (C=O) groups excluding carboxylic acids is 1. The van der Waals surface area contributed by atoms with Gasteiger partial charge in [-0.15, -0.1) is 0 Å². The summed E-state index contributed by atoms with van der Waals surface area (Å²) in [6, 6.07) is 26.5. The quantitative estimate of drug-likeness (QED) is 0.305. The van der Waals surface area contributed by atoms with Crippen LogP contribution in [0.25, 0.3) is 10.9 Å². The maximum atomic E-state index is 13.5. The van der Waals surface area contributed by atoms with Crippen LogP contribution in [-0.2, 0) is 4.79 Å². The number of fused-ring (bicyclic) bond motifs is 1. The van der Waals surface area contributed by atoms with Gasteiger partial charge >= 0.3 is 0 Å². The van der Waals surface area contributed by atoms with Crippen LogP contribution >= 0.6 is 11.8 Å². The van der Waals surface area contributed by atoms with Crippen LogP contribution in [0.2, 0.25) is 0 Å². The zero-order valence-electron chi connectivity index (χ0n) is 18.3. The minimum atomic E-state index is -0.428. The summed E-state index contributed by atoms with van der Waals surface area (Å²) in [5, 5.41) is 0.676. The zero-order valence-corrected chi connectivity index (χ0v) is 19.1. The van der Waals surface area contributed by atoms with Gasteiger partial charge in [0.05, 0.1) is 22.2 Å². The molecule has 6 heteroatoms. The van der Waals surface area contributed by atoms with E-state index >= 15 is 0 Å². The molecule has 0 N–H and O–H groups in total. The van der Waals surface area contributed by atoms with Crippen molar-refractivity contribution in [3.8, 4) is 0 Å². The van der Waals surface area contributed by atoms with E-state index in [1.165, 1.54) is 11.8 Å². The molecule has 0 aliphatic carbocycles. The Labute approximate surface area is 191 Å². The fraction of sp³-hybridized carbons (Fsp3) is 0.192. The molecular formula is C26H25N3O2S. The van der Waals surface area contributed by atoms with E-state index in [4.69, 9.17) is 4.98 Å². The number of nitrogens with zero attached hydrogens (tertiary/aromatic N) is 3. The second kappa shape index (κ2) is 9.40. The predicted octanol–water partition coefficient (Wildman–Crippen LogP) is 5.15. The van der Waals surface area contributed by atoms with Crippen molar-refractivity contribution >= 4 is 34.3 Å². The van der Waals surface area contributed by atoms with E-state index in [0.717, 1.165) is 11.3 Å². The second-order valence-corrected chi connectivity index (χ2v) is 8.97. The maximum Gasteiger partial charge on any atom is 0.262 e. The molecular weight excluding hydrogens is 418 g/mol. The van der Waals surface area contributed by atoms with Gasteiger partial charge in [-0.1, -0.05) is 72.4 Å². The highest BCUT2D eigenvalue weighted by Gasteiger charge is 2.24. The van der Waals surface area contributed by atoms with E-state index in [0.29, 0.717) is 16.1 Å². The molecule has 0 spiro atoms. The number of thioether (sulfide) groups is 1. The van der Waals surface area contributed by atoms with Crippen LogP contribution in [0.5, 0.6) is 0 Å². The van der Waals surface area contributed by atoms with Crippen molar-refractivity contribution in [1.82, 2.24) is 9.55 Å². The summed E-state index contributed by atoms with van der Waals surface area (Å²) < 4.78 is 1.70. The average molecular weight is 444 g/mol. The number of amides is 1. The Hall–Kier alpha value is -3.38. The third kappa shape index (κ3) is 4.32. The minimum Gasteiger partial charge on any atom is -0.315 e. The molecule has 0 aliphatic heterocycles. The second-order valence-electron chi connectivity index (χ2n) is 7.67. The van der Waals surface area contributed by atoms with Gasteiger partial charge in [-0.3, -0.25) is 14.2 Å². The van der Waals surface area contributed by atoms with Crippen LogP contribution in [0.15, 0.2) is 94.9 Å². The molecule has 4 rings (SSSR count). The van der Waals surface area contributed by atoms with Gasteiger partial charge in [-0.25, -0.2) is 4.98 Å². The van der Waals surface area contributed by atoms with Crippen molar-refractivity contribution in [2.24, 2.45) is 0 Å². The molecule has 5 nitrogen and oxygen atoms in total. The molecule has 0 saturated carbocycles. The standard InChI is InChI=1S/C26H25N3O2S/c1-18(20-12-6-4-7-13-20)29-25(31)22-16-10-11-17-23(22)27-26(29)32-19(2)24(30)28(3)21-14-8-5-9-15-21/h4-19H,1-3H3/t18-,19-/m1/s1. The number of rotatable bonds is 6. The van der Waals surface area contributed by atoms with Crippen LogP contribution in [0.3, 0.4) is 0 Å². The third-order valence-electron chi connectivity index (χ3n) is 5.55. The zero-order chi connectivity index (χ0) is 22.7. The van der Waals surface area contributed by atoms with Crippen LogP contribution in [0.1, 0.15) is 25.5 Å². The Kier molecular flexibility index (Phi) is 6.42. The third-order valence-corrected chi connectivity index (χ3v) is 6.60. The Morgan fingerprint density at radius 2 is 1.50 bits per heavy atom. The summed E-state index contributed by atoms with van der Waals surface area (Å²) in [7, 11) is 1.77. The van der Waals surface area contributed by atoms with Crippen molar-refractivity contribution in [3.05, 3.63) is 101 Å². The molecule has 0 aliphatic rings. The number of carbonyl (C=O) groups is 1. The van der Waals surface area contributed by atoms with E-state index in [1.54, 1.807) is 22.6 Å². The van der Waals surface area contributed by atoms with Crippen molar-refractivity contribution < 1.29 is 4.79 Å². The summed E-state index contributed by atoms with van der Waals surface area (Å²) in [4.78, 5) is 33.1. The lowest BCUT2D eigenvalue weighted by atomic mass is 10.1. The highest BCUT2D eigenvalue weighted by Crippen LogP contribution is 2.29. The normalized spacial score (nSPS) is 13.0. The van der Waals surface area contributed by atoms with Crippen molar-refractivity contribution in [3.63, 3.8) is 0 Å². The van der Waals surface area contributed by atoms with Gasteiger partial charge in [0.1, 0.15) is 0 Å². The molecule has 0 unspecified atom stereocenters. The summed E-state index contributed by atoms with van der Waals surface area (Å²) in [5.74, 6) is -0.0532. The van der Waals surface area contributed by atoms with Gasteiger partial charge in [0, 0.05) is 12.7 Å². The van der Waals surface area contributed by atoms with Gasteiger partial charge in [0.25, 0.3) is 5.56 Å². The van der Waals surface area contributed by atoms with Crippen LogP contribution in [-0.4, -0.2) is 27.8 Å². The lowest BCUT2D eigenvalue weighted by Gasteiger charge is -2.24. The molecule has 4 aromatic rings. The molecule has 2 atom stereocenters. The highest BCUT2D eigenvalue weighted by atomic mass is 32.2. The molecule has 0 radical (unpaired) electrons. The fourth-order valence-electron chi connectivity index (χ4n) is 3.69. The number of hydrogen-bond acceptors (Lipinski definition) is 4. The van der Waals surface area contributed by atoms with Gasteiger partial charge in [0.2, 0.25) is 5.91 Å². The van der Waals surface area contributed by atoms with Crippen LogP contribution in [0.4, 0.5) is 5.69 Å². The average Bonchev–Trinajstić information content (AvgIpc) is 2.84. The topological polar surface area (TPSA) is 55.2 Å². The lowest BCUT2D eigenvalue weighted by molar-refractivity contribution is -0.117. The molecule has 162 valence electrons. The molecule has 0 fully saturated rings. The monoisotopic (exact) mass is 443 g/mol. The van der Waals surface area contributed by atoms with Crippen molar-refractivity contribution in [2.45, 2.75) is 30.3 Å². The van der Waals surface area contributed by atoms with Crippen LogP contribution < -0.4 is 10.5 Å². The summed E-state index contributed by atoms with van der Waals surface area (Å²) in [6.07, 6.45) is 0. The molecule has 32 heavy (non-hydrogen) atoms. The van der Waals surface area contributed by atoms with Crippen molar-refractivity contribution in [1.29, 1.82) is 0 Å². The first-order chi connectivity index (χ1) is 15.5. The molecule has 1 aromatic heterocycles. The number of anilines is 1. The number of aromatic nitrogens is 2. The predicted molar refractivity (Wildman–Crippen MR) is 131 cm³/mol. The number of hydrogen-bond donors (Lipinski definition) is 0. The first-order valence-corrected chi connectivity index (χ1v) is 11.4. The van der Waals surface area contributed by atoms with E-state index in [-0.39, 0.29) is 17.5 Å². The Morgan fingerprint density at radius 3 is 2.19 bits per heavy atom. The maximum absolute atomic E-state index is 13.5. The number of para-hydroxylation sites is 2. The summed E-state index contributed by atoms with van der Waals surface area (Å²) in [5.41, 5.74) is 2.36. The number of benzene rings is 3. The smallest absolute Gasteiger partial charge is 0.262 e. The van der Waals surface area contributed by atoms with E-state index in [9.17, 15) is 9.59 Å². The Balaban J connectivity index is 1.74. The van der Waals surface area contributed by atoms with Gasteiger partial charge in [-0.2, -0.15) is 0 Å². The van der Waals surface area contributed by atoms with Crippen LogP contribution in [0, 0.1) is 0 Å². The highest BCUT2D eigenvalue weighted by molar-refractivity contribution is 8.00.